The summed E-state index contributed by atoms with van der Waals surface area (Å²) >= 11 is 0. The average Bonchev–Trinajstić information content (AvgIpc) is 2.90. The van der Waals surface area contributed by atoms with E-state index in [1.165, 1.54) is 6.29 Å². The standard InChI is InChI=1S/C22H32O3/c1-4-22(25)12-8-17-15-5-6-16-14(2)19(24)9-11-21(16,13-23)18(15)7-10-20(17,22)3/h13,15,17-18,25H,4-12H2,1-3H3/t15-,17-,18+,20-,21+,22?/m0/s1. The molecule has 138 valence electrons. The molecule has 0 aromatic rings. The summed E-state index contributed by atoms with van der Waals surface area (Å²) in [4.78, 5) is 24.6. The van der Waals surface area contributed by atoms with Gasteiger partial charge in [0.05, 0.1) is 11.0 Å². The van der Waals surface area contributed by atoms with Crippen LogP contribution in [-0.2, 0) is 9.59 Å². The summed E-state index contributed by atoms with van der Waals surface area (Å²) in [5, 5.41) is 11.3. The Hall–Kier alpha value is -0.960. The van der Waals surface area contributed by atoms with E-state index in [9.17, 15) is 14.7 Å². The number of aldehydes is 1. The second-order valence-corrected chi connectivity index (χ2v) is 9.48. The van der Waals surface area contributed by atoms with Crippen molar-refractivity contribution < 1.29 is 14.7 Å². The molecule has 6 atom stereocenters. The normalized spacial score (nSPS) is 49.4. The lowest BCUT2D eigenvalue weighted by atomic mass is 9.45. The molecule has 0 radical (unpaired) electrons. The Kier molecular flexibility index (Phi) is 3.85. The molecule has 0 aliphatic heterocycles. The molecule has 3 fully saturated rings. The number of rotatable bonds is 2. The molecule has 3 nitrogen and oxygen atoms in total. The highest BCUT2D eigenvalue weighted by molar-refractivity contribution is 5.98. The van der Waals surface area contributed by atoms with Crippen LogP contribution in [-0.4, -0.2) is 22.8 Å². The van der Waals surface area contributed by atoms with E-state index in [0.717, 1.165) is 56.1 Å². The summed E-state index contributed by atoms with van der Waals surface area (Å²) < 4.78 is 0. The minimum Gasteiger partial charge on any atom is -0.389 e. The molecular formula is C22H32O3. The number of ketones is 1. The fourth-order valence-electron chi connectivity index (χ4n) is 7.55. The van der Waals surface area contributed by atoms with Gasteiger partial charge in [-0.05, 0) is 87.0 Å². The van der Waals surface area contributed by atoms with E-state index >= 15 is 0 Å². The van der Waals surface area contributed by atoms with E-state index in [1.54, 1.807) is 0 Å². The van der Waals surface area contributed by atoms with Crippen molar-refractivity contribution in [3.05, 3.63) is 11.1 Å². The van der Waals surface area contributed by atoms with E-state index in [2.05, 4.69) is 13.8 Å². The predicted molar refractivity (Wildman–Crippen MR) is 97.0 cm³/mol. The first-order valence-electron chi connectivity index (χ1n) is 10.2. The molecule has 4 aliphatic carbocycles. The summed E-state index contributed by atoms with van der Waals surface area (Å²) in [5.41, 5.74) is 1.10. The van der Waals surface area contributed by atoms with Crippen molar-refractivity contribution in [2.75, 3.05) is 0 Å². The molecule has 0 amide bonds. The van der Waals surface area contributed by atoms with E-state index in [1.807, 2.05) is 6.92 Å². The Bertz CT molecular complexity index is 650. The predicted octanol–water partition coefficient (Wildman–Crippen LogP) is 4.23. The highest BCUT2D eigenvalue weighted by Crippen LogP contribution is 2.68. The maximum Gasteiger partial charge on any atom is 0.158 e. The van der Waals surface area contributed by atoms with Gasteiger partial charge in [-0.25, -0.2) is 0 Å². The van der Waals surface area contributed by atoms with Crippen molar-refractivity contribution in [1.29, 1.82) is 0 Å². The van der Waals surface area contributed by atoms with Crippen LogP contribution in [0.15, 0.2) is 11.1 Å². The molecule has 4 aliphatic rings. The molecular weight excluding hydrogens is 312 g/mol. The van der Waals surface area contributed by atoms with Gasteiger partial charge in [-0.3, -0.25) is 4.79 Å². The zero-order valence-electron chi connectivity index (χ0n) is 15.9. The molecule has 3 saturated carbocycles. The monoisotopic (exact) mass is 344 g/mol. The molecule has 0 aromatic heterocycles. The van der Waals surface area contributed by atoms with Gasteiger partial charge in [0.15, 0.2) is 5.78 Å². The Morgan fingerprint density at radius 1 is 1.12 bits per heavy atom. The van der Waals surface area contributed by atoms with Crippen LogP contribution in [0.25, 0.3) is 0 Å². The maximum absolute atomic E-state index is 12.4. The Labute approximate surface area is 151 Å². The molecule has 25 heavy (non-hydrogen) atoms. The number of fused-ring (bicyclic) bond motifs is 5. The number of aliphatic hydroxyl groups is 1. The maximum atomic E-state index is 12.4. The van der Waals surface area contributed by atoms with E-state index in [-0.39, 0.29) is 11.2 Å². The first-order chi connectivity index (χ1) is 11.8. The van der Waals surface area contributed by atoms with E-state index < -0.39 is 11.0 Å². The van der Waals surface area contributed by atoms with Gasteiger partial charge in [0, 0.05) is 6.42 Å². The van der Waals surface area contributed by atoms with Crippen molar-refractivity contribution in [3.63, 3.8) is 0 Å². The van der Waals surface area contributed by atoms with Crippen LogP contribution in [0.4, 0.5) is 0 Å². The van der Waals surface area contributed by atoms with E-state index in [0.29, 0.717) is 30.6 Å². The highest BCUT2D eigenvalue weighted by Gasteiger charge is 2.64. The molecule has 4 rings (SSSR count). The van der Waals surface area contributed by atoms with Crippen molar-refractivity contribution in [3.8, 4) is 0 Å². The molecule has 3 heteroatoms. The van der Waals surface area contributed by atoms with Gasteiger partial charge in [0.1, 0.15) is 6.29 Å². The SMILES string of the molecule is CCC1(O)CC[C@H]2[C@@H]3CCC4=C(C)C(=O)CC[C@]4(C=O)[C@@H]3CC[C@@]21C. The Morgan fingerprint density at radius 3 is 2.52 bits per heavy atom. The van der Waals surface area contributed by atoms with Crippen LogP contribution in [0.2, 0.25) is 0 Å². The molecule has 0 aromatic carbocycles. The first kappa shape index (κ1) is 17.5. The van der Waals surface area contributed by atoms with Gasteiger partial charge in [-0.2, -0.15) is 0 Å². The molecule has 0 spiro atoms. The lowest BCUT2D eigenvalue weighted by molar-refractivity contribution is -0.142. The van der Waals surface area contributed by atoms with Gasteiger partial charge in [0.2, 0.25) is 0 Å². The van der Waals surface area contributed by atoms with Gasteiger partial charge in [0.25, 0.3) is 0 Å². The Morgan fingerprint density at radius 2 is 1.84 bits per heavy atom. The van der Waals surface area contributed by atoms with Crippen LogP contribution in [0.1, 0.15) is 78.6 Å². The number of carbonyl (C=O) groups excluding carboxylic acids is 2. The zero-order chi connectivity index (χ0) is 18.0. The number of hydrogen-bond donors (Lipinski definition) is 1. The van der Waals surface area contributed by atoms with Crippen LogP contribution < -0.4 is 0 Å². The van der Waals surface area contributed by atoms with Gasteiger partial charge in [-0.15, -0.1) is 0 Å². The second-order valence-electron chi connectivity index (χ2n) is 9.48. The Balaban J connectivity index is 1.75. The number of Topliss-reactive ketones (excluding diaryl/α,β-unsaturated/α-hetero) is 1. The number of hydrogen-bond acceptors (Lipinski definition) is 3. The van der Waals surface area contributed by atoms with Gasteiger partial charge >= 0.3 is 0 Å². The lowest BCUT2D eigenvalue weighted by Crippen LogP contribution is -2.56. The van der Waals surface area contributed by atoms with Crippen LogP contribution >= 0.6 is 0 Å². The molecule has 0 saturated heterocycles. The van der Waals surface area contributed by atoms with Crippen LogP contribution in [0.3, 0.4) is 0 Å². The van der Waals surface area contributed by atoms with Crippen molar-refractivity contribution in [1.82, 2.24) is 0 Å². The fraction of sp³-hybridized carbons (Fsp3) is 0.818. The average molecular weight is 344 g/mol. The fourth-order valence-corrected chi connectivity index (χ4v) is 7.55. The summed E-state index contributed by atoms with van der Waals surface area (Å²) in [5.74, 6) is 1.66. The molecule has 1 N–H and O–H groups in total. The smallest absolute Gasteiger partial charge is 0.158 e. The third-order valence-corrected chi connectivity index (χ3v) is 9.14. The molecule has 1 unspecified atom stereocenters. The summed E-state index contributed by atoms with van der Waals surface area (Å²) in [6.07, 6.45) is 9.28. The lowest BCUT2D eigenvalue weighted by Gasteiger charge is -2.58. The van der Waals surface area contributed by atoms with E-state index in [4.69, 9.17) is 0 Å². The highest BCUT2D eigenvalue weighted by atomic mass is 16.3. The minimum atomic E-state index is -0.536. The topological polar surface area (TPSA) is 54.4 Å². The zero-order valence-corrected chi connectivity index (χ0v) is 15.9. The van der Waals surface area contributed by atoms with Crippen molar-refractivity contribution in [2.24, 2.45) is 28.6 Å². The summed E-state index contributed by atoms with van der Waals surface area (Å²) in [6.45, 7) is 6.36. The van der Waals surface area contributed by atoms with Crippen molar-refractivity contribution >= 4 is 12.1 Å². The molecule has 0 bridgehead atoms. The minimum absolute atomic E-state index is 0.00621. The van der Waals surface area contributed by atoms with Crippen molar-refractivity contribution in [2.45, 2.75) is 84.2 Å². The third kappa shape index (κ3) is 2.02. The number of carbonyl (C=O) groups is 2. The first-order valence-corrected chi connectivity index (χ1v) is 10.2. The van der Waals surface area contributed by atoms with Crippen LogP contribution in [0.5, 0.6) is 0 Å². The van der Waals surface area contributed by atoms with Crippen LogP contribution in [0, 0.1) is 28.6 Å². The quantitative estimate of drug-likeness (QED) is 0.763. The van der Waals surface area contributed by atoms with Gasteiger partial charge in [-0.1, -0.05) is 19.4 Å². The summed E-state index contributed by atoms with van der Waals surface area (Å²) in [7, 11) is 0. The third-order valence-electron chi connectivity index (χ3n) is 9.14. The van der Waals surface area contributed by atoms with Gasteiger partial charge < -0.3 is 9.90 Å². The number of allylic oxidation sites excluding steroid dienone is 1. The second kappa shape index (κ2) is 5.52. The summed E-state index contributed by atoms with van der Waals surface area (Å²) in [6, 6.07) is 0. The molecule has 0 heterocycles. The largest absolute Gasteiger partial charge is 0.389 e.